The molecule has 106 valence electrons. The molecule has 5 nitrogen and oxygen atoms in total. The lowest BCUT2D eigenvalue weighted by Gasteiger charge is -2.33. The van der Waals surface area contributed by atoms with E-state index in [9.17, 15) is 9.59 Å². The first-order chi connectivity index (χ1) is 9.59. The van der Waals surface area contributed by atoms with Gasteiger partial charge in [-0.15, -0.1) is 0 Å². The summed E-state index contributed by atoms with van der Waals surface area (Å²) in [6.45, 7) is 1.69. The summed E-state index contributed by atoms with van der Waals surface area (Å²) in [5, 5.41) is 0. The van der Waals surface area contributed by atoms with Crippen LogP contribution in [-0.4, -0.2) is 43.4 Å². The quantitative estimate of drug-likeness (QED) is 0.815. The summed E-state index contributed by atoms with van der Waals surface area (Å²) < 4.78 is 0. The zero-order valence-corrected chi connectivity index (χ0v) is 11.6. The lowest BCUT2D eigenvalue weighted by Crippen LogP contribution is -2.53. The van der Waals surface area contributed by atoms with Crippen LogP contribution < -0.4 is 10.6 Å². The number of likely N-dealkylation sites (N-methyl/N-ethyl adjacent to an activating group) is 1. The summed E-state index contributed by atoms with van der Waals surface area (Å²) in [5.41, 5.74) is 7.86. The number of carbonyl (C=O) groups excluding carboxylic acids is 2. The molecule has 2 aliphatic rings. The Morgan fingerprint density at radius 3 is 2.50 bits per heavy atom. The summed E-state index contributed by atoms with van der Waals surface area (Å²) in [7, 11) is 1.66. The molecule has 1 aliphatic carbocycles. The Kier molecular flexibility index (Phi) is 3.01. The Morgan fingerprint density at radius 1 is 1.15 bits per heavy atom. The molecule has 1 aliphatic heterocycles. The second kappa shape index (κ2) is 4.59. The molecule has 1 aromatic carbocycles. The van der Waals surface area contributed by atoms with Gasteiger partial charge < -0.3 is 15.5 Å². The second-order valence-electron chi connectivity index (χ2n) is 5.69. The fraction of sp³-hybridized carbons (Fsp3) is 0.467. The van der Waals surface area contributed by atoms with Crippen LogP contribution in [0.1, 0.15) is 18.4 Å². The smallest absolute Gasteiger partial charge is 0.316 e. The molecule has 0 radical (unpaired) electrons. The minimum absolute atomic E-state index is 0.00324. The highest BCUT2D eigenvalue weighted by Crippen LogP contribution is 2.50. The van der Waals surface area contributed by atoms with Gasteiger partial charge in [-0.25, -0.2) is 0 Å². The fourth-order valence-corrected chi connectivity index (χ4v) is 2.85. The number of para-hydroxylation sites is 1. The van der Waals surface area contributed by atoms with Crippen molar-refractivity contribution < 1.29 is 9.59 Å². The van der Waals surface area contributed by atoms with E-state index in [1.807, 2.05) is 24.3 Å². The van der Waals surface area contributed by atoms with E-state index in [1.54, 1.807) is 11.9 Å². The highest BCUT2D eigenvalue weighted by atomic mass is 16.2. The van der Waals surface area contributed by atoms with Crippen molar-refractivity contribution in [3.05, 3.63) is 29.8 Å². The Hall–Kier alpha value is -1.88. The normalized spacial score (nSPS) is 21.3. The first-order valence-corrected chi connectivity index (χ1v) is 6.95. The number of piperazine rings is 1. The molecular weight excluding hydrogens is 254 g/mol. The summed E-state index contributed by atoms with van der Waals surface area (Å²) in [6, 6.07) is 7.82. The van der Waals surface area contributed by atoms with Crippen molar-refractivity contribution in [3.63, 3.8) is 0 Å². The van der Waals surface area contributed by atoms with E-state index in [0.717, 1.165) is 24.1 Å². The first kappa shape index (κ1) is 13.1. The summed E-state index contributed by atoms with van der Waals surface area (Å²) in [4.78, 5) is 27.2. The van der Waals surface area contributed by atoms with Gasteiger partial charge in [-0.1, -0.05) is 18.2 Å². The summed E-state index contributed by atoms with van der Waals surface area (Å²) in [5.74, 6) is -0.886. The molecule has 2 N–H and O–H groups in total. The topological polar surface area (TPSA) is 66.6 Å². The van der Waals surface area contributed by atoms with Crippen molar-refractivity contribution in [3.8, 4) is 0 Å². The Bertz CT molecular complexity index is 566. The van der Waals surface area contributed by atoms with Crippen molar-refractivity contribution in [2.75, 3.05) is 31.6 Å². The van der Waals surface area contributed by atoms with Crippen LogP contribution in [0.5, 0.6) is 0 Å². The van der Waals surface area contributed by atoms with Crippen molar-refractivity contribution in [1.82, 2.24) is 4.90 Å². The van der Waals surface area contributed by atoms with Gasteiger partial charge in [0.25, 0.3) is 0 Å². The third-order valence-electron chi connectivity index (χ3n) is 4.44. The minimum atomic E-state index is -0.445. The molecule has 0 unspecified atom stereocenters. The summed E-state index contributed by atoms with van der Waals surface area (Å²) >= 11 is 0. The van der Waals surface area contributed by atoms with Crippen LogP contribution in [0.25, 0.3) is 0 Å². The Morgan fingerprint density at radius 2 is 1.85 bits per heavy atom. The molecule has 0 aromatic heterocycles. The second-order valence-corrected chi connectivity index (χ2v) is 5.69. The lowest BCUT2D eigenvalue weighted by atomic mass is 9.93. The van der Waals surface area contributed by atoms with Crippen molar-refractivity contribution >= 4 is 17.5 Å². The maximum atomic E-state index is 12.2. The van der Waals surface area contributed by atoms with E-state index in [0.29, 0.717) is 19.6 Å². The highest BCUT2D eigenvalue weighted by Gasteiger charge is 2.45. The molecule has 0 spiro atoms. The van der Waals surface area contributed by atoms with Gasteiger partial charge in [-0.3, -0.25) is 9.59 Å². The molecule has 20 heavy (non-hydrogen) atoms. The van der Waals surface area contributed by atoms with Gasteiger partial charge in [0.05, 0.1) is 0 Å². The maximum Gasteiger partial charge on any atom is 0.316 e. The van der Waals surface area contributed by atoms with Crippen LogP contribution in [0.15, 0.2) is 24.3 Å². The highest BCUT2D eigenvalue weighted by molar-refractivity contribution is 6.41. The number of hydrogen-bond donors (Lipinski definition) is 1. The van der Waals surface area contributed by atoms with Gasteiger partial charge in [0.1, 0.15) is 0 Å². The zero-order valence-electron chi connectivity index (χ0n) is 11.6. The predicted molar refractivity (Wildman–Crippen MR) is 76.4 cm³/mol. The van der Waals surface area contributed by atoms with E-state index in [-0.39, 0.29) is 5.41 Å². The van der Waals surface area contributed by atoms with E-state index in [1.165, 1.54) is 4.90 Å². The molecule has 0 bridgehead atoms. The number of benzene rings is 1. The minimum Gasteiger partial charge on any atom is -0.336 e. The van der Waals surface area contributed by atoms with Gasteiger partial charge in [0.15, 0.2) is 0 Å². The molecule has 3 rings (SSSR count). The number of amides is 2. The lowest BCUT2D eigenvalue weighted by molar-refractivity contribution is -0.145. The fourth-order valence-electron chi connectivity index (χ4n) is 2.85. The monoisotopic (exact) mass is 273 g/mol. The number of hydrogen-bond acceptors (Lipinski definition) is 3. The van der Waals surface area contributed by atoms with Crippen LogP contribution in [0, 0.1) is 0 Å². The zero-order chi connectivity index (χ0) is 14.3. The van der Waals surface area contributed by atoms with Gasteiger partial charge in [0, 0.05) is 37.8 Å². The standard InChI is InChI=1S/C15H19N3O2/c1-17-8-9-18(14(20)13(17)19)12-5-3-2-4-11(12)15(10-16)6-7-15/h2-5H,6-10,16H2,1H3. The van der Waals surface area contributed by atoms with Gasteiger partial charge in [-0.2, -0.15) is 0 Å². The maximum absolute atomic E-state index is 12.2. The third-order valence-corrected chi connectivity index (χ3v) is 4.44. The number of nitrogens with two attached hydrogens (primary N) is 1. The van der Waals surface area contributed by atoms with Gasteiger partial charge >= 0.3 is 11.8 Å². The third kappa shape index (κ3) is 1.89. The molecule has 2 fully saturated rings. The Balaban J connectivity index is 1.99. The van der Waals surface area contributed by atoms with Crippen LogP contribution in [0.2, 0.25) is 0 Å². The van der Waals surface area contributed by atoms with Crippen molar-refractivity contribution in [2.24, 2.45) is 5.73 Å². The van der Waals surface area contributed by atoms with E-state index >= 15 is 0 Å². The molecule has 1 heterocycles. The molecule has 5 heteroatoms. The van der Waals surface area contributed by atoms with Crippen LogP contribution >= 0.6 is 0 Å². The molecule has 2 amide bonds. The van der Waals surface area contributed by atoms with E-state index in [2.05, 4.69) is 0 Å². The molecular formula is C15H19N3O2. The number of anilines is 1. The molecule has 1 aromatic rings. The predicted octanol–water partition coefficient (Wildman–Crippen LogP) is 0.482. The molecule has 0 atom stereocenters. The average Bonchev–Trinajstić information content (AvgIpc) is 3.26. The number of nitrogens with zero attached hydrogens (tertiary/aromatic N) is 2. The summed E-state index contributed by atoms with van der Waals surface area (Å²) in [6.07, 6.45) is 2.10. The van der Waals surface area contributed by atoms with E-state index in [4.69, 9.17) is 5.73 Å². The SMILES string of the molecule is CN1CCN(c2ccccc2C2(CN)CC2)C(=O)C1=O. The number of rotatable bonds is 3. The Labute approximate surface area is 118 Å². The van der Waals surface area contributed by atoms with E-state index < -0.39 is 11.8 Å². The van der Waals surface area contributed by atoms with Crippen molar-refractivity contribution in [1.29, 1.82) is 0 Å². The number of carbonyl (C=O) groups is 2. The van der Waals surface area contributed by atoms with Crippen molar-refractivity contribution in [2.45, 2.75) is 18.3 Å². The van der Waals surface area contributed by atoms with Crippen LogP contribution in [0.4, 0.5) is 5.69 Å². The molecule has 1 saturated carbocycles. The average molecular weight is 273 g/mol. The van der Waals surface area contributed by atoms with Gasteiger partial charge in [-0.05, 0) is 24.5 Å². The molecule has 1 saturated heterocycles. The van der Waals surface area contributed by atoms with Crippen LogP contribution in [-0.2, 0) is 15.0 Å². The largest absolute Gasteiger partial charge is 0.336 e. The van der Waals surface area contributed by atoms with Crippen LogP contribution in [0.3, 0.4) is 0 Å². The van der Waals surface area contributed by atoms with Gasteiger partial charge in [0.2, 0.25) is 0 Å². The first-order valence-electron chi connectivity index (χ1n) is 6.95.